The zero-order valence-electron chi connectivity index (χ0n) is 13.5. The number of amides is 1. The van der Waals surface area contributed by atoms with Crippen LogP contribution in [0.2, 0.25) is 0 Å². The van der Waals surface area contributed by atoms with Crippen LogP contribution in [-0.4, -0.2) is 30.1 Å². The van der Waals surface area contributed by atoms with Crippen LogP contribution in [0, 0.1) is 5.92 Å². The molecule has 0 saturated heterocycles. The van der Waals surface area contributed by atoms with Crippen LogP contribution in [0.15, 0.2) is 0 Å². The maximum atomic E-state index is 11.9. The van der Waals surface area contributed by atoms with Crippen molar-refractivity contribution < 1.29 is 14.3 Å². The summed E-state index contributed by atoms with van der Waals surface area (Å²) in [6, 6.07) is -0.326. The number of carbonyl (C=O) groups excluding carboxylic acids is 2. The second-order valence-corrected chi connectivity index (χ2v) is 6.22. The molecule has 0 radical (unpaired) electrons. The van der Waals surface area contributed by atoms with Gasteiger partial charge in [0, 0.05) is 6.42 Å². The molecule has 118 valence electrons. The average molecular weight is 286 g/mol. The van der Waals surface area contributed by atoms with E-state index >= 15 is 0 Å². The van der Waals surface area contributed by atoms with E-state index in [1.54, 1.807) is 0 Å². The Morgan fingerprint density at radius 2 is 1.85 bits per heavy atom. The molecule has 0 spiro atoms. The topological polar surface area (TPSA) is 81.4 Å². The summed E-state index contributed by atoms with van der Waals surface area (Å²) in [5.41, 5.74) is 4.84. The van der Waals surface area contributed by atoms with Gasteiger partial charge in [-0.2, -0.15) is 0 Å². The molecule has 1 amide bonds. The Bertz CT molecular complexity index is 311. The SMILES string of the molecule is CCCC(CN[C@@H](CC)C(N)=O)CC(=O)OC(C)(C)C. The molecule has 5 heteroatoms. The molecule has 0 fully saturated rings. The lowest BCUT2D eigenvalue weighted by Crippen LogP contribution is -2.43. The van der Waals surface area contributed by atoms with Gasteiger partial charge in [-0.3, -0.25) is 9.59 Å². The summed E-state index contributed by atoms with van der Waals surface area (Å²) in [6.45, 7) is 10.2. The van der Waals surface area contributed by atoms with Crippen LogP contribution in [0.1, 0.15) is 60.3 Å². The second-order valence-electron chi connectivity index (χ2n) is 6.22. The number of esters is 1. The maximum Gasteiger partial charge on any atom is 0.306 e. The van der Waals surface area contributed by atoms with E-state index in [0.717, 1.165) is 12.8 Å². The Morgan fingerprint density at radius 3 is 2.25 bits per heavy atom. The Hall–Kier alpha value is -1.10. The molecule has 3 N–H and O–H groups in total. The normalized spacial score (nSPS) is 14.7. The standard InChI is InChI=1S/C15H30N2O3/c1-6-8-11(9-13(18)20-15(3,4)5)10-17-12(7-2)14(16)19/h11-12,17H,6-10H2,1-5H3,(H2,16,19)/t11?,12-/m0/s1. The molecular formula is C15H30N2O3. The second kappa shape index (κ2) is 8.95. The molecule has 0 aromatic rings. The lowest BCUT2D eigenvalue weighted by atomic mass is 9.99. The highest BCUT2D eigenvalue weighted by Gasteiger charge is 2.21. The number of primary amides is 1. The van der Waals surface area contributed by atoms with Crippen molar-refractivity contribution in [3.05, 3.63) is 0 Å². The van der Waals surface area contributed by atoms with Gasteiger partial charge in [0.25, 0.3) is 0 Å². The number of hydrogen-bond acceptors (Lipinski definition) is 4. The van der Waals surface area contributed by atoms with Gasteiger partial charge in [0.1, 0.15) is 5.60 Å². The summed E-state index contributed by atoms with van der Waals surface area (Å²) < 4.78 is 5.34. The first-order valence-electron chi connectivity index (χ1n) is 7.44. The van der Waals surface area contributed by atoms with Gasteiger partial charge in [-0.05, 0) is 46.1 Å². The third kappa shape index (κ3) is 8.91. The first-order chi connectivity index (χ1) is 9.19. The van der Waals surface area contributed by atoms with E-state index in [0.29, 0.717) is 19.4 Å². The van der Waals surface area contributed by atoms with Crippen molar-refractivity contribution >= 4 is 11.9 Å². The summed E-state index contributed by atoms with van der Waals surface area (Å²) in [6.07, 6.45) is 2.93. The molecule has 0 rings (SSSR count). The first kappa shape index (κ1) is 18.9. The summed E-state index contributed by atoms with van der Waals surface area (Å²) in [7, 11) is 0. The highest BCUT2D eigenvalue weighted by Crippen LogP contribution is 2.15. The van der Waals surface area contributed by atoms with Gasteiger partial charge in [-0.1, -0.05) is 20.3 Å². The third-order valence-electron chi connectivity index (χ3n) is 2.98. The lowest BCUT2D eigenvalue weighted by molar-refractivity contribution is -0.156. The maximum absolute atomic E-state index is 11.9. The fourth-order valence-corrected chi connectivity index (χ4v) is 2.06. The van der Waals surface area contributed by atoms with Crippen molar-refractivity contribution in [3.63, 3.8) is 0 Å². The molecular weight excluding hydrogens is 256 g/mol. The van der Waals surface area contributed by atoms with E-state index < -0.39 is 5.60 Å². The van der Waals surface area contributed by atoms with Crippen molar-refractivity contribution in [2.24, 2.45) is 11.7 Å². The molecule has 0 saturated carbocycles. The fraction of sp³-hybridized carbons (Fsp3) is 0.867. The molecule has 0 aliphatic heterocycles. The summed E-state index contributed by atoms with van der Waals surface area (Å²) in [4.78, 5) is 23.0. The smallest absolute Gasteiger partial charge is 0.306 e. The zero-order chi connectivity index (χ0) is 15.8. The number of hydrogen-bond donors (Lipinski definition) is 2. The van der Waals surface area contributed by atoms with Gasteiger partial charge in [0.15, 0.2) is 0 Å². The van der Waals surface area contributed by atoms with E-state index in [-0.39, 0.29) is 23.8 Å². The fourth-order valence-electron chi connectivity index (χ4n) is 2.06. The zero-order valence-corrected chi connectivity index (χ0v) is 13.5. The van der Waals surface area contributed by atoms with Gasteiger partial charge in [0.2, 0.25) is 5.91 Å². The highest BCUT2D eigenvalue weighted by molar-refractivity contribution is 5.79. The van der Waals surface area contributed by atoms with Crippen LogP contribution in [0.3, 0.4) is 0 Å². The molecule has 0 aliphatic carbocycles. The molecule has 20 heavy (non-hydrogen) atoms. The van der Waals surface area contributed by atoms with Gasteiger partial charge < -0.3 is 15.8 Å². The lowest BCUT2D eigenvalue weighted by Gasteiger charge is -2.23. The molecule has 2 atom stereocenters. The van der Waals surface area contributed by atoms with Gasteiger partial charge in [-0.15, -0.1) is 0 Å². The van der Waals surface area contributed by atoms with E-state index in [4.69, 9.17) is 10.5 Å². The third-order valence-corrected chi connectivity index (χ3v) is 2.98. The summed E-state index contributed by atoms with van der Waals surface area (Å²) >= 11 is 0. The minimum atomic E-state index is -0.458. The van der Waals surface area contributed by atoms with Crippen LogP contribution in [-0.2, 0) is 14.3 Å². The number of carbonyl (C=O) groups is 2. The van der Waals surface area contributed by atoms with E-state index in [2.05, 4.69) is 12.2 Å². The molecule has 5 nitrogen and oxygen atoms in total. The first-order valence-corrected chi connectivity index (χ1v) is 7.44. The van der Waals surface area contributed by atoms with Crippen LogP contribution in [0.25, 0.3) is 0 Å². The Morgan fingerprint density at radius 1 is 1.25 bits per heavy atom. The van der Waals surface area contributed by atoms with Crippen LogP contribution >= 0.6 is 0 Å². The molecule has 0 heterocycles. The van der Waals surface area contributed by atoms with Crippen molar-refractivity contribution in [3.8, 4) is 0 Å². The highest BCUT2D eigenvalue weighted by atomic mass is 16.6. The van der Waals surface area contributed by atoms with Crippen molar-refractivity contribution in [2.45, 2.75) is 71.9 Å². The molecule has 0 aromatic carbocycles. The average Bonchev–Trinajstić information content (AvgIpc) is 2.26. The Labute approximate surface area is 122 Å². The predicted molar refractivity (Wildman–Crippen MR) is 80.1 cm³/mol. The number of nitrogens with one attached hydrogen (secondary N) is 1. The number of ether oxygens (including phenoxy) is 1. The Balaban J connectivity index is 4.35. The van der Waals surface area contributed by atoms with Crippen LogP contribution in [0.4, 0.5) is 0 Å². The van der Waals surface area contributed by atoms with E-state index in [1.165, 1.54) is 0 Å². The Kier molecular flexibility index (Phi) is 8.46. The molecule has 0 bridgehead atoms. The summed E-state index contributed by atoms with van der Waals surface area (Å²) in [5.74, 6) is -0.367. The van der Waals surface area contributed by atoms with Crippen molar-refractivity contribution in [2.75, 3.05) is 6.54 Å². The van der Waals surface area contributed by atoms with Gasteiger partial charge in [0.05, 0.1) is 6.04 Å². The minimum absolute atomic E-state index is 0.170. The van der Waals surface area contributed by atoms with Crippen LogP contribution in [0.5, 0.6) is 0 Å². The van der Waals surface area contributed by atoms with E-state index in [9.17, 15) is 9.59 Å². The number of rotatable bonds is 9. The van der Waals surface area contributed by atoms with Crippen LogP contribution < -0.4 is 11.1 Å². The predicted octanol–water partition coefficient (Wildman–Crippen LogP) is 1.99. The van der Waals surface area contributed by atoms with Gasteiger partial charge in [-0.25, -0.2) is 0 Å². The number of nitrogens with two attached hydrogens (primary N) is 1. The largest absolute Gasteiger partial charge is 0.460 e. The van der Waals surface area contributed by atoms with Crippen molar-refractivity contribution in [1.29, 1.82) is 0 Å². The summed E-state index contributed by atoms with van der Waals surface area (Å²) in [5, 5.41) is 3.14. The molecule has 0 aliphatic rings. The van der Waals surface area contributed by atoms with Crippen molar-refractivity contribution in [1.82, 2.24) is 5.32 Å². The quantitative estimate of drug-likeness (QED) is 0.635. The molecule has 0 aromatic heterocycles. The van der Waals surface area contributed by atoms with Gasteiger partial charge >= 0.3 is 5.97 Å². The van der Waals surface area contributed by atoms with E-state index in [1.807, 2.05) is 27.7 Å². The monoisotopic (exact) mass is 286 g/mol. The minimum Gasteiger partial charge on any atom is -0.460 e. The molecule has 1 unspecified atom stereocenters.